The lowest BCUT2D eigenvalue weighted by Gasteiger charge is -2.09. The number of imidazole rings is 1. The Hall–Kier alpha value is -2.73. The van der Waals surface area contributed by atoms with E-state index < -0.39 is 0 Å². The summed E-state index contributed by atoms with van der Waals surface area (Å²) in [5.41, 5.74) is 2.23. The van der Waals surface area contributed by atoms with E-state index in [1.807, 2.05) is 53.2 Å². The van der Waals surface area contributed by atoms with Crippen LogP contribution in [0.1, 0.15) is 5.56 Å². The molecule has 2 aromatic carbocycles. The van der Waals surface area contributed by atoms with Gasteiger partial charge < -0.3 is 10.1 Å². The molecule has 5 nitrogen and oxygen atoms in total. The summed E-state index contributed by atoms with van der Waals surface area (Å²) < 4.78 is 7.55. The maximum Gasteiger partial charge on any atom is 0.230 e. The fourth-order valence-electron chi connectivity index (χ4n) is 2.43. The molecule has 134 valence electrons. The molecule has 1 amide bonds. The van der Waals surface area contributed by atoms with Crippen LogP contribution in [-0.4, -0.2) is 34.4 Å². The predicted octanol–water partition coefficient (Wildman–Crippen LogP) is 3.47. The molecule has 3 rings (SSSR count). The van der Waals surface area contributed by atoms with Crippen molar-refractivity contribution in [2.75, 3.05) is 18.9 Å². The molecule has 0 aliphatic heterocycles. The molecule has 1 heterocycles. The topological polar surface area (TPSA) is 56.2 Å². The summed E-state index contributed by atoms with van der Waals surface area (Å²) in [6.45, 7) is 2.97. The Morgan fingerprint density at radius 3 is 2.85 bits per heavy atom. The molecule has 0 saturated carbocycles. The van der Waals surface area contributed by atoms with Crippen molar-refractivity contribution >= 4 is 17.7 Å². The van der Waals surface area contributed by atoms with E-state index in [9.17, 15) is 4.79 Å². The monoisotopic (exact) mass is 367 g/mol. The number of carbonyl (C=O) groups excluding carboxylic acids is 1. The van der Waals surface area contributed by atoms with E-state index in [1.165, 1.54) is 17.3 Å². The van der Waals surface area contributed by atoms with Crippen LogP contribution in [0.3, 0.4) is 0 Å². The first kappa shape index (κ1) is 18.1. The minimum absolute atomic E-state index is 0.0366. The van der Waals surface area contributed by atoms with Crippen molar-refractivity contribution in [3.63, 3.8) is 0 Å². The smallest absolute Gasteiger partial charge is 0.230 e. The highest BCUT2D eigenvalue weighted by atomic mass is 32.2. The summed E-state index contributed by atoms with van der Waals surface area (Å²) in [5, 5.41) is 3.66. The molecule has 0 saturated heterocycles. The van der Waals surface area contributed by atoms with Gasteiger partial charge in [-0.1, -0.05) is 42.1 Å². The number of nitrogens with one attached hydrogen (secondary N) is 1. The van der Waals surface area contributed by atoms with Crippen molar-refractivity contribution < 1.29 is 9.53 Å². The highest BCUT2D eigenvalue weighted by Crippen LogP contribution is 2.20. The molecule has 0 aliphatic rings. The van der Waals surface area contributed by atoms with Crippen LogP contribution in [0.2, 0.25) is 0 Å². The van der Waals surface area contributed by atoms with E-state index in [0.717, 1.165) is 16.6 Å². The van der Waals surface area contributed by atoms with Crippen LogP contribution in [0.25, 0.3) is 5.69 Å². The number of aromatic nitrogens is 2. The molecular weight excluding hydrogens is 346 g/mol. The van der Waals surface area contributed by atoms with Crippen LogP contribution in [0.15, 0.2) is 72.1 Å². The fraction of sp³-hybridized carbons (Fsp3) is 0.200. The first-order chi connectivity index (χ1) is 12.7. The van der Waals surface area contributed by atoms with Crippen molar-refractivity contribution in [3.8, 4) is 11.4 Å². The molecule has 0 atom stereocenters. The number of thioether (sulfide) groups is 1. The molecule has 6 heteroatoms. The van der Waals surface area contributed by atoms with Gasteiger partial charge in [0.05, 0.1) is 12.3 Å². The lowest BCUT2D eigenvalue weighted by atomic mass is 10.2. The van der Waals surface area contributed by atoms with Crippen molar-refractivity contribution in [2.24, 2.45) is 0 Å². The summed E-state index contributed by atoms with van der Waals surface area (Å²) in [6.07, 6.45) is 3.65. The maximum absolute atomic E-state index is 12.0. The lowest BCUT2D eigenvalue weighted by molar-refractivity contribution is -0.118. The standard InChI is InChI=1S/C20H21N3O2S/c1-16-6-5-7-17(14-16)23-12-10-22-20(23)26-15-19(24)21-11-13-25-18-8-3-2-4-9-18/h2-10,12,14H,11,13,15H2,1H3,(H,21,24). The third-order valence-corrected chi connectivity index (χ3v) is 4.62. The largest absolute Gasteiger partial charge is 0.492 e. The summed E-state index contributed by atoms with van der Waals surface area (Å²) in [7, 11) is 0. The zero-order valence-corrected chi connectivity index (χ0v) is 15.4. The average Bonchev–Trinajstić information content (AvgIpc) is 3.13. The molecule has 0 unspecified atom stereocenters. The van der Waals surface area contributed by atoms with Gasteiger partial charge in [0.25, 0.3) is 0 Å². The Labute approximate surface area is 157 Å². The Bertz CT molecular complexity index is 849. The van der Waals surface area contributed by atoms with Gasteiger partial charge in [-0.3, -0.25) is 9.36 Å². The molecular formula is C20H21N3O2S. The highest BCUT2D eigenvalue weighted by molar-refractivity contribution is 7.99. The van der Waals surface area contributed by atoms with Crippen LogP contribution in [0.4, 0.5) is 0 Å². The number of nitrogens with zero attached hydrogens (tertiary/aromatic N) is 2. The van der Waals surface area contributed by atoms with Gasteiger partial charge in [-0.05, 0) is 36.8 Å². The molecule has 0 aliphatic carbocycles. The molecule has 3 aromatic rings. The Morgan fingerprint density at radius 1 is 1.19 bits per heavy atom. The van der Waals surface area contributed by atoms with E-state index in [2.05, 4.69) is 29.4 Å². The highest BCUT2D eigenvalue weighted by Gasteiger charge is 2.09. The Balaban J connectivity index is 1.44. The maximum atomic E-state index is 12.0. The molecule has 1 aromatic heterocycles. The van der Waals surface area contributed by atoms with Gasteiger partial charge in [0.1, 0.15) is 12.4 Å². The number of carbonyl (C=O) groups is 1. The minimum Gasteiger partial charge on any atom is -0.492 e. The number of aryl methyl sites for hydroxylation is 1. The van der Waals surface area contributed by atoms with E-state index in [-0.39, 0.29) is 5.91 Å². The normalized spacial score (nSPS) is 10.5. The predicted molar refractivity (Wildman–Crippen MR) is 104 cm³/mol. The first-order valence-electron chi connectivity index (χ1n) is 8.40. The molecule has 0 fully saturated rings. The van der Waals surface area contributed by atoms with Crippen molar-refractivity contribution in [1.29, 1.82) is 0 Å². The van der Waals surface area contributed by atoms with Gasteiger partial charge in [-0.15, -0.1) is 0 Å². The van der Waals surface area contributed by atoms with Crippen molar-refractivity contribution in [3.05, 3.63) is 72.6 Å². The van der Waals surface area contributed by atoms with Crippen LogP contribution in [0, 0.1) is 6.92 Å². The SMILES string of the molecule is Cc1cccc(-n2ccnc2SCC(=O)NCCOc2ccccc2)c1. The average molecular weight is 367 g/mol. The van der Waals surface area contributed by atoms with Crippen LogP contribution >= 0.6 is 11.8 Å². The number of hydrogen-bond acceptors (Lipinski definition) is 4. The van der Waals surface area contributed by atoms with E-state index in [1.54, 1.807) is 6.20 Å². The van der Waals surface area contributed by atoms with Crippen LogP contribution < -0.4 is 10.1 Å². The second-order valence-corrected chi connectivity index (χ2v) is 6.66. The summed E-state index contributed by atoms with van der Waals surface area (Å²) in [4.78, 5) is 16.4. The molecule has 26 heavy (non-hydrogen) atoms. The van der Waals surface area contributed by atoms with Gasteiger partial charge >= 0.3 is 0 Å². The van der Waals surface area contributed by atoms with Crippen LogP contribution in [0.5, 0.6) is 5.75 Å². The second-order valence-electron chi connectivity index (χ2n) is 5.72. The minimum atomic E-state index is -0.0366. The Kier molecular flexibility index (Phi) is 6.33. The quantitative estimate of drug-likeness (QED) is 0.489. The summed E-state index contributed by atoms with van der Waals surface area (Å²) >= 11 is 1.42. The van der Waals surface area contributed by atoms with Crippen LogP contribution in [-0.2, 0) is 4.79 Å². The summed E-state index contributed by atoms with van der Waals surface area (Å²) in [6, 6.07) is 17.7. The van der Waals surface area contributed by atoms with E-state index >= 15 is 0 Å². The van der Waals surface area contributed by atoms with Gasteiger partial charge in [-0.2, -0.15) is 0 Å². The summed E-state index contributed by atoms with van der Waals surface area (Å²) in [5.74, 6) is 1.08. The van der Waals surface area contributed by atoms with Crippen molar-refractivity contribution in [1.82, 2.24) is 14.9 Å². The third-order valence-electron chi connectivity index (χ3n) is 3.66. The fourth-order valence-corrected chi connectivity index (χ4v) is 3.23. The van der Waals surface area contributed by atoms with E-state index in [0.29, 0.717) is 18.9 Å². The van der Waals surface area contributed by atoms with Gasteiger partial charge in [-0.25, -0.2) is 4.98 Å². The molecule has 0 bridgehead atoms. The molecule has 1 N–H and O–H groups in total. The first-order valence-corrected chi connectivity index (χ1v) is 9.39. The Morgan fingerprint density at radius 2 is 2.04 bits per heavy atom. The van der Waals surface area contributed by atoms with Crippen molar-refractivity contribution in [2.45, 2.75) is 12.1 Å². The zero-order valence-electron chi connectivity index (χ0n) is 14.6. The number of para-hydroxylation sites is 1. The number of benzene rings is 2. The number of amides is 1. The van der Waals surface area contributed by atoms with Gasteiger partial charge in [0.2, 0.25) is 5.91 Å². The van der Waals surface area contributed by atoms with Gasteiger partial charge in [0.15, 0.2) is 5.16 Å². The number of hydrogen-bond donors (Lipinski definition) is 1. The van der Waals surface area contributed by atoms with Gasteiger partial charge in [0, 0.05) is 18.1 Å². The zero-order chi connectivity index (χ0) is 18.2. The molecule has 0 spiro atoms. The lowest BCUT2D eigenvalue weighted by Crippen LogP contribution is -2.29. The number of ether oxygens (including phenoxy) is 1. The van der Waals surface area contributed by atoms with E-state index in [4.69, 9.17) is 4.74 Å². The second kappa shape index (κ2) is 9.10. The molecule has 0 radical (unpaired) electrons. The number of rotatable bonds is 8. The third kappa shape index (κ3) is 5.13.